The molecule has 8 heteroatoms. The van der Waals surface area contributed by atoms with Crippen LogP contribution < -0.4 is 5.73 Å². The largest absolute Gasteiger partial charge is 0.416 e. The minimum Gasteiger partial charge on any atom is -0.399 e. The third-order valence-electron chi connectivity index (χ3n) is 3.19. The second-order valence-electron chi connectivity index (χ2n) is 4.80. The Bertz CT molecular complexity index is 648. The molecular formula is C13H12F3N3O2. The van der Waals surface area contributed by atoms with Crippen molar-refractivity contribution in [2.45, 2.75) is 25.1 Å². The summed E-state index contributed by atoms with van der Waals surface area (Å²) in [5.74, 6) is 0.344. The van der Waals surface area contributed by atoms with Gasteiger partial charge in [0.15, 0.2) is 0 Å². The first kappa shape index (κ1) is 13.9. The highest BCUT2D eigenvalue weighted by Crippen LogP contribution is 2.34. The molecule has 1 atom stereocenters. The number of nitrogens with zero attached hydrogens (tertiary/aromatic N) is 2. The topological polar surface area (TPSA) is 74.2 Å². The van der Waals surface area contributed by atoms with Gasteiger partial charge in [-0.05, 0) is 31.0 Å². The van der Waals surface area contributed by atoms with E-state index in [1.54, 1.807) is 0 Å². The van der Waals surface area contributed by atoms with E-state index < -0.39 is 11.7 Å². The molecule has 1 aliphatic heterocycles. The number of aromatic nitrogens is 2. The number of nitrogens with two attached hydrogens (primary N) is 1. The minimum atomic E-state index is -4.48. The van der Waals surface area contributed by atoms with Gasteiger partial charge in [-0.1, -0.05) is 5.16 Å². The summed E-state index contributed by atoms with van der Waals surface area (Å²) in [7, 11) is 0. The quantitative estimate of drug-likeness (QED) is 0.862. The van der Waals surface area contributed by atoms with Gasteiger partial charge in [-0.3, -0.25) is 0 Å². The first-order valence-electron chi connectivity index (χ1n) is 6.37. The van der Waals surface area contributed by atoms with Gasteiger partial charge in [-0.25, -0.2) is 0 Å². The van der Waals surface area contributed by atoms with Gasteiger partial charge < -0.3 is 15.0 Å². The predicted octanol–water partition coefficient (Wildman–Crippen LogP) is 3.19. The van der Waals surface area contributed by atoms with E-state index in [1.807, 2.05) is 0 Å². The summed E-state index contributed by atoms with van der Waals surface area (Å²) >= 11 is 0. The van der Waals surface area contributed by atoms with E-state index in [-0.39, 0.29) is 23.2 Å². The number of hydrogen-bond acceptors (Lipinski definition) is 5. The van der Waals surface area contributed by atoms with Crippen LogP contribution in [0.2, 0.25) is 0 Å². The van der Waals surface area contributed by atoms with Crippen molar-refractivity contribution >= 4 is 5.69 Å². The second-order valence-corrected chi connectivity index (χ2v) is 4.80. The number of alkyl halides is 3. The summed E-state index contributed by atoms with van der Waals surface area (Å²) in [6, 6.07) is 3.16. The van der Waals surface area contributed by atoms with Crippen LogP contribution in [0.3, 0.4) is 0 Å². The molecule has 2 N–H and O–H groups in total. The van der Waals surface area contributed by atoms with E-state index >= 15 is 0 Å². The number of anilines is 1. The zero-order chi connectivity index (χ0) is 15.0. The van der Waals surface area contributed by atoms with Gasteiger partial charge >= 0.3 is 6.18 Å². The average molecular weight is 299 g/mol. The number of hydrogen-bond donors (Lipinski definition) is 1. The first-order chi connectivity index (χ1) is 9.93. The lowest BCUT2D eigenvalue weighted by molar-refractivity contribution is -0.137. The Kier molecular flexibility index (Phi) is 3.32. The Balaban J connectivity index is 1.95. The molecule has 1 aliphatic rings. The summed E-state index contributed by atoms with van der Waals surface area (Å²) in [6.45, 7) is 0.616. The van der Waals surface area contributed by atoms with Crippen molar-refractivity contribution < 1.29 is 22.4 Å². The predicted molar refractivity (Wildman–Crippen MR) is 67.1 cm³/mol. The molecule has 3 rings (SSSR count). The number of ether oxygens (including phenoxy) is 1. The molecule has 21 heavy (non-hydrogen) atoms. The lowest BCUT2D eigenvalue weighted by atomic mass is 10.1. The zero-order valence-corrected chi connectivity index (χ0v) is 10.9. The van der Waals surface area contributed by atoms with Crippen molar-refractivity contribution in [2.75, 3.05) is 12.3 Å². The third kappa shape index (κ3) is 2.85. The Hall–Kier alpha value is -2.09. The molecule has 1 unspecified atom stereocenters. The van der Waals surface area contributed by atoms with Crippen molar-refractivity contribution in [3.05, 3.63) is 29.6 Å². The van der Waals surface area contributed by atoms with E-state index in [2.05, 4.69) is 10.1 Å². The summed E-state index contributed by atoms with van der Waals surface area (Å²) < 4.78 is 48.7. The number of halogens is 3. The number of rotatable bonds is 2. The fourth-order valence-corrected chi connectivity index (χ4v) is 2.20. The summed E-state index contributed by atoms with van der Waals surface area (Å²) in [6.07, 6.45) is -3.08. The maximum atomic E-state index is 12.8. The summed E-state index contributed by atoms with van der Waals surface area (Å²) in [5, 5.41) is 3.76. The van der Waals surface area contributed by atoms with E-state index in [1.165, 1.54) is 6.07 Å². The fraction of sp³-hybridized carbons (Fsp3) is 0.385. The fourth-order valence-electron chi connectivity index (χ4n) is 2.20. The highest BCUT2D eigenvalue weighted by atomic mass is 19.4. The van der Waals surface area contributed by atoms with Crippen LogP contribution in [0.25, 0.3) is 11.5 Å². The van der Waals surface area contributed by atoms with Crippen LogP contribution in [0.4, 0.5) is 18.9 Å². The SMILES string of the molecule is Nc1cc(-c2nc(C3CCCO3)no2)cc(C(F)(F)F)c1. The molecule has 0 spiro atoms. The van der Waals surface area contributed by atoms with Gasteiger partial charge in [0.25, 0.3) is 5.89 Å². The van der Waals surface area contributed by atoms with Crippen LogP contribution in [0, 0.1) is 0 Å². The summed E-state index contributed by atoms with van der Waals surface area (Å²) in [5.41, 5.74) is 4.78. The third-order valence-corrected chi connectivity index (χ3v) is 3.19. The maximum absolute atomic E-state index is 12.8. The van der Waals surface area contributed by atoms with E-state index in [0.29, 0.717) is 12.4 Å². The second kappa shape index (κ2) is 5.03. The normalized spacial score (nSPS) is 19.1. The highest BCUT2D eigenvalue weighted by molar-refractivity contribution is 5.62. The molecule has 1 saturated heterocycles. The zero-order valence-electron chi connectivity index (χ0n) is 10.9. The molecule has 5 nitrogen and oxygen atoms in total. The van der Waals surface area contributed by atoms with Gasteiger partial charge in [-0.15, -0.1) is 0 Å². The monoisotopic (exact) mass is 299 g/mol. The van der Waals surface area contributed by atoms with Crippen LogP contribution in [-0.2, 0) is 10.9 Å². The van der Waals surface area contributed by atoms with Crippen molar-refractivity contribution in [1.82, 2.24) is 10.1 Å². The molecule has 2 heterocycles. The lowest BCUT2D eigenvalue weighted by Crippen LogP contribution is -2.06. The maximum Gasteiger partial charge on any atom is 0.416 e. The molecule has 0 saturated carbocycles. The number of benzene rings is 1. The molecule has 0 amide bonds. The molecule has 1 aromatic heterocycles. The molecule has 2 aromatic rings. The van der Waals surface area contributed by atoms with E-state index in [9.17, 15) is 13.2 Å². The van der Waals surface area contributed by atoms with Gasteiger partial charge in [0.05, 0.1) is 5.56 Å². The molecule has 1 aromatic carbocycles. The summed E-state index contributed by atoms with van der Waals surface area (Å²) in [4.78, 5) is 4.10. The van der Waals surface area contributed by atoms with Crippen molar-refractivity contribution in [3.8, 4) is 11.5 Å². The molecule has 0 bridgehead atoms. The average Bonchev–Trinajstić information content (AvgIpc) is 3.08. The standard InChI is InChI=1S/C13H12F3N3O2/c14-13(15,16)8-4-7(5-9(17)6-8)12-18-11(19-21-12)10-2-1-3-20-10/h4-6,10H,1-3,17H2. The number of nitrogen functional groups attached to an aromatic ring is 1. The minimum absolute atomic E-state index is 0.00157. The van der Waals surface area contributed by atoms with Gasteiger partial charge in [0.2, 0.25) is 5.82 Å². The van der Waals surface area contributed by atoms with Gasteiger partial charge in [0.1, 0.15) is 6.10 Å². The van der Waals surface area contributed by atoms with Gasteiger partial charge in [0, 0.05) is 17.9 Å². The molecule has 112 valence electrons. The van der Waals surface area contributed by atoms with Crippen molar-refractivity contribution in [3.63, 3.8) is 0 Å². The smallest absolute Gasteiger partial charge is 0.399 e. The highest BCUT2D eigenvalue weighted by Gasteiger charge is 2.32. The van der Waals surface area contributed by atoms with Crippen molar-refractivity contribution in [1.29, 1.82) is 0 Å². The van der Waals surface area contributed by atoms with E-state index in [0.717, 1.165) is 25.0 Å². The van der Waals surface area contributed by atoms with Crippen LogP contribution in [0.15, 0.2) is 22.7 Å². The molecule has 1 fully saturated rings. The Morgan fingerprint density at radius 3 is 2.71 bits per heavy atom. The lowest BCUT2D eigenvalue weighted by Gasteiger charge is -2.08. The molecule has 0 radical (unpaired) electrons. The Morgan fingerprint density at radius 2 is 2.05 bits per heavy atom. The van der Waals surface area contributed by atoms with Crippen LogP contribution in [-0.4, -0.2) is 16.7 Å². The van der Waals surface area contributed by atoms with Gasteiger partial charge in [-0.2, -0.15) is 18.2 Å². The van der Waals surface area contributed by atoms with Crippen LogP contribution >= 0.6 is 0 Å². The Labute approximate surface area is 117 Å². The van der Waals surface area contributed by atoms with Crippen molar-refractivity contribution in [2.24, 2.45) is 0 Å². The molecule has 0 aliphatic carbocycles. The van der Waals surface area contributed by atoms with E-state index in [4.69, 9.17) is 15.0 Å². The van der Waals surface area contributed by atoms with Crippen LogP contribution in [0.1, 0.15) is 30.3 Å². The molecular weight excluding hydrogens is 287 g/mol. The van der Waals surface area contributed by atoms with Crippen LogP contribution in [0.5, 0.6) is 0 Å². The Morgan fingerprint density at radius 1 is 1.24 bits per heavy atom. The first-order valence-corrected chi connectivity index (χ1v) is 6.37.